The van der Waals surface area contributed by atoms with Gasteiger partial charge in [0.15, 0.2) is 5.13 Å². The quantitative estimate of drug-likeness (QED) is 0.476. The van der Waals surface area contributed by atoms with E-state index in [0.717, 1.165) is 21.5 Å². The number of hydrogen-bond acceptors (Lipinski definition) is 4. The first-order chi connectivity index (χ1) is 13.1. The molecule has 136 valence electrons. The summed E-state index contributed by atoms with van der Waals surface area (Å²) in [7, 11) is 0. The van der Waals surface area contributed by atoms with E-state index in [-0.39, 0.29) is 5.91 Å². The zero-order valence-corrected chi connectivity index (χ0v) is 16.1. The van der Waals surface area contributed by atoms with Crippen molar-refractivity contribution >= 4 is 32.6 Å². The van der Waals surface area contributed by atoms with Crippen LogP contribution in [-0.4, -0.2) is 10.9 Å². The van der Waals surface area contributed by atoms with Gasteiger partial charge in [0, 0.05) is 0 Å². The first kappa shape index (κ1) is 17.5. The van der Waals surface area contributed by atoms with Crippen LogP contribution in [0.3, 0.4) is 0 Å². The number of benzene rings is 2. The molecule has 0 radical (unpaired) electrons. The van der Waals surface area contributed by atoms with Gasteiger partial charge in [-0.3, -0.25) is 9.69 Å². The van der Waals surface area contributed by atoms with E-state index < -0.39 is 0 Å². The summed E-state index contributed by atoms with van der Waals surface area (Å²) < 4.78 is 6.60. The third-order valence-electron chi connectivity index (χ3n) is 4.43. The van der Waals surface area contributed by atoms with Gasteiger partial charge in [-0.2, -0.15) is 0 Å². The van der Waals surface area contributed by atoms with E-state index in [1.165, 1.54) is 11.1 Å². The molecule has 4 rings (SSSR count). The van der Waals surface area contributed by atoms with Gasteiger partial charge in [0.25, 0.3) is 0 Å². The van der Waals surface area contributed by atoms with Crippen molar-refractivity contribution < 1.29 is 9.21 Å². The maximum absolute atomic E-state index is 13.1. The summed E-state index contributed by atoms with van der Waals surface area (Å²) in [5.74, 6) is 0.745. The van der Waals surface area contributed by atoms with Crippen LogP contribution in [0.1, 0.15) is 22.5 Å². The number of thiazole rings is 1. The fourth-order valence-electron chi connectivity index (χ4n) is 3.17. The molecule has 0 saturated carbocycles. The molecular formula is C22H20N2O2S. The number of nitrogens with zero attached hydrogens (tertiary/aromatic N) is 2. The Balaban J connectivity index is 1.71. The summed E-state index contributed by atoms with van der Waals surface area (Å²) in [6.45, 7) is 4.52. The Kier molecular flexibility index (Phi) is 4.77. The van der Waals surface area contributed by atoms with Gasteiger partial charge in [-0.1, -0.05) is 47.7 Å². The molecule has 0 aliphatic rings. The predicted octanol–water partition coefficient (Wildman–Crippen LogP) is 5.28. The molecule has 4 aromatic rings. The lowest BCUT2D eigenvalue weighted by molar-refractivity contribution is -0.118. The van der Waals surface area contributed by atoms with Crippen LogP contribution in [0.25, 0.3) is 10.2 Å². The highest BCUT2D eigenvalue weighted by atomic mass is 32.1. The Hall–Kier alpha value is -2.92. The SMILES string of the molecule is Cc1cc(C)c2sc(N(Cc3ccco3)C(=O)Cc3ccccc3)nc2c1. The summed E-state index contributed by atoms with van der Waals surface area (Å²) in [6, 6.07) is 17.7. The minimum atomic E-state index is 0.00558. The molecule has 0 aliphatic heterocycles. The Labute approximate surface area is 162 Å². The molecule has 1 amide bonds. The minimum Gasteiger partial charge on any atom is -0.467 e. The maximum atomic E-state index is 13.1. The lowest BCUT2D eigenvalue weighted by Gasteiger charge is -2.18. The van der Waals surface area contributed by atoms with E-state index in [2.05, 4.69) is 26.0 Å². The normalized spacial score (nSPS) is 11.0. The van der Waals surface area contributed by atoms with E-state index in [0.29, 0.717) is 18.1 Å². The highest BCUT2D eigenvalue weighted by Gasteiger charge is 2.22. The average Bonchev–Trinajstić information content (AvgIpc) is 3.29. The highest BCUT2D eigenvalue weighted by Crippen LogP contribution is 2.33. The number of aryl methyl sites for hydroxylation is 2. The average molecular weight is 376 g/mol. The van der Waals surface area contributed by atoms with Gasteiger partial charge in [-0.25, -0.2) is 4.98 Å². The third-order valence-corrected chi connectivity index (χ3v) is 5.66. The van der Waals surface area contributed by atoms with Crippen LogP contribution in [0.4, 0.5) is 5.13 Å². The molecule has 2 heterocycles. The summed E-state index contributed by atoms with van der Waals surface area (Å²) in [5.41, 5.74) is 4.27. The van der Waals surface area contributed by atoms with Crippen LogP contribution in [0.2, 0.25) is 0 Å². The number of fused-ring (bicyclic) bond motifs is 1. The lowest BCUT2D eigenvalue weighted by Crippen LogP contribution is -2.31. The second kappa shape index (κ2) is 7.37. The van der Waals surface area contributed by atoms with E-state index in [1.54, 1.807) is 22.5 Å². The fourth-order valence-corrected chi connectivity index (χ4v) is 4.20. The van der Waals surface area contributed by atoms with Crippen molar-refractivity contribution in [2.24, 2.45) is 0 Å². The summed E-state index contributed by atoms with van der Waals surface area (Å²) in [6.07, 6.45) is 1.95. The predicted molar refractivity (Wildman–Crippen MR) is 109 cm³/mol. The standard InChI is InChI=1S/C22H20N2O2S/c1-15-11-16(2)21-19(12-15)23-22(27-21)24(14-18-9-6-10-26-18)20(25)13-17-7-4-3-5-8-17/h3-12H,13-14H2,1-2H3. The molecule has 0 bridgehead atoms. The van der Waals surface area contributed by atoms with Gasteiger partial charge >= 0.3 is 0 Å². The molecule has 27 heavy (non-hydrogen) atoms. The van der Waals surface area contributed by atoms with Crippen molar-refractivity contribution in [3.63, 3.8) is 0 Å². The smallest absolute Gasteiger partial charge is 0.233 e. The largest absolute Gasteiger partial charge is 0.467 e. The van der Waals surface area contributed by atoms with Gasteiger partial charge in [-0.05, 0) is 48.7 Å². The van der Waals surface area contributed by atoms with Crippen LogP contribution in [0, 0.1) is 13.8 Å². The highest BCUT2D eigenvalue weighted by molar-refractivity contribution is 7.22. The second-order valence-electron chi connectivity index (χ2n) is 6.65. The van der Waals surface area contributed by atoms with Crippen LogP contribution in [-0.2, 0) is 17.8 Å². The van der Waals surface area contributed by atoms with Gasteiger partial charge in [0.2, 0.25) is 5.91 Å². The van der Waals surface area contributed by atoms with Gasteiger partial charge < -0.3 is 4.42 Å². The molecule has 0 aliphatic carbocycles. The Morgan fingerprint density at radius 2 is 1.93 bits per heavy atom. The number of hydrogen-bond donors (Lipinski definition) is 0. The molecule has 2 aromatic carbocycles. The molecule has 4 nitrogen and oxygen atoms in total. The number of rotatable bonds is 5. The van der Waals surface area contributed by atoms with Crippen LogP contribution < -0.4 is 4.90 Å². The summed E-state index contributed by atoms with van der Waals surface area (Å²) >= 11 is 1.55. The minimum absolute atomic E-state index is 0.00558. The molecule has 2 aromatic heterocycles. The zero-order valence-electron chi connectivity index (χ0n) is 15.3. The first-order valence-corrected chi connectivity index (χ1v) is 9.66. The maximum Gasteiger partial charge on any atom is 0.233 e. The summed E-state index contributed by atoms with van der Waals surface area (Å²) in [5, 5.41) is 0.705. The van der Waals surface area contributed by atoms with Crippen molar-refractivity contribution in [1.82, 2.24) is 4.98 Å². The molecule has 0 N–H and O–H groups in total. The molecular weight excluding hydrogens is 356 g/mol. The fraction of sp³-hybridized carbons (Fsp3) is 0.182. The Morgan fingerprint density at radius 3 is 2.67 bits per heavy atom. The van der Waals surface area contributed by atoms with Crippen molar-refractivity contribution in [2.45, 2.75) is 26.8 Å². The lowest BCUT2D eigenvalue weighted by atomic mass is 10.1. The molecule has 0 saturated heterocycles. The molecule has 0 atom stereocenters. The number of furan rings is 1. The Bertz CT molecular complexity index is 1070. The summed E-state index contributed by atoms with van der Waals surface area (Å²) in [4.78, 5) is 19.6. The molecule has 5 heteroatoms. The van der Waals surface area contributed by atoms with E-state index >= 15 is 0 Å². The molecule has 0 fully saturated rings. The van der Waals surface area contributed by atoms with Crippen molar-refractivity contribution in [1.29, 1.82) is 0 Å². The number of carbonyl (C=O) groups excluding carboxylic acids is 1. The van der Waals surface area contributed by atoms with E-state index in [4.69, 9.17) is 9.40 Å². The molecule has 0 unspecified atom stereocenters. The topological polar surface area (TPSA) is 46.3 Å². The number of anilines is 1. The number of amides is 1. The van der Waals surface area contributed by atoms with Crippen LogP contribution in [0.15, 0.2) is 65.3 Å². The number of carbonyl (C=O) groups is 1. The van der Waals surface area contributed by atoms with Crippen molar-refractivity contribution in [3.8, 4) is 0 Å². The van der Waals surface area contributed by atoms with Crippen molar-refractivity contribution in [2.75, 3.05) is 4.90 Å². The second-order valence-corrected chi connectivity index (χ2v) is 7.63. The van der Waals surface area contributed by atoms with Gasteiger partial charge in [0.1, 0.15) is 5.76 Å². The third kappa shape index (κ3) is 3.78. The number of aromatic nitrogens is 1. The van der Waals surface area contributed by atoms with Crippen LogP contribution in [0.5, 0.6) is 0 Å². The first-order valence-electron chi connectivity index (χ1n) is 8.84. The van der Waals surface area contributed by atoms with Gasteiger partial charge in [-0.15, -0.1) is 0 Å². The van der Waals surface area contributed by atoms with E-state index in [9.17, 15) is 4.79 Å². The van der Waals surface area contributed by atoms with E-state index in [1.807, 2.05) is 42.5 Å². The monoisotopic (exact) mass is 376 g/mol. The van der Waals surface area contributed by atoms with Crippen LogP contribution >= 0.6 is 11.3 Å². The molecule has 0 spiro atoms. The van der Waals surface area contributed by atoms with Gasteiger partial charge in [0.05, 0.1) is 29.4 Å². The Morgan fingerprint density at radius 1 is 1.11 bits per heavy atom. The zero-order chi connectivity index (χ0) is 18.8. The van der Waals surface area contributed by atoms with Crippen molar-refractivity contribution in [3.05, 3.63) is 83.3 Å².